The quantitative estimate of drug-likeness (QED) is 0.796. The first-order chi connectivity index (χ1) is 13.8. The van der Waals surface area contributed by atoms with Crippen molar-refractivity contribution in [3.63, 3.8) is 0 Å². The molecule has 2 heterocycles. The number of hydrogen-bond donors (Lipinski definition) is 1. The van der Waals surface area contributed by atoms with E-state index >= 15 is 0 Å². The summed E-state index contributed by atoms with van der Waals surface area (Å²) in [6.45, 7) is 5.41. The maximum Gasteiger partial charge on any atom is 0.266 e. The summed E-state index contributed by atoms with van der Waals surface area (Å²) in [5, 5.41) is 8.90. The average Bonchev–Trinajstić information content (AvgIpc) is 3.18. The molecule has 1 aromatic heterocycles. The van der Waals surface area contributed by atoms with E-state index < -0.39 is 5.60 Å². The van der Waals surface area contributed by atoms with Crippen LogP contribution in [0.15, 0.2) is 36.5 Å². The number of likely N-dealkylation sites (N-methyl/N-ethyl adjacent to an activating group) is 1. The van der Waals surface area contributed by atoms with Gasteiger partial charge in [0, 0.05) is 25.3 Å². The van der Waals surface area contributed by atoms with Crippen LogP contribution in [0, 0.1) is 11.3 Å². The number of hydrogen-bond acceptors (Lipinski definition) is 7. The lowest BCUT2D eigenvalue weighted by Gasteiger charge is -2.31. The minimum absolute atomic E-state index is 0.0574. The van der Waals surface area contributed by atoms with Crippen molar-refractivity contribution in [1.82, 2.24) is 19.8 Å². The third kappa shape index (κ3) is 5.00. The fourth-order valence-electron chi connectivity index (χ4n) is 3.45. The fourth-order valence-corrected chi connectivity index (χ4v) is 3.45. The lowest BCUT2D eigenvalue weighted by Crippen LogP contribution is -2.49. The van der Waals surface area contributed by atoms with Crippen molar-refractivity contribution in [3.05, 3.63) is 47.9 Å². The van der Waals surface area contributed by atoms with Gasteiger partial charge in [-0.25, -0.2) is 9.97 Å². The maximum atomic E-state index is 13.1. The smallest absolute Gasteiger partial charge is 0.266 e. The number of nitrogens with zero attached hydrogens (tertiary/aromatic N) is 5. The first-order valence-corrected chi connectivity index (χ1v) is 9.54. The number of likely N-dealkylation sites (tertiary alicyclic amines) is 1. The molecule has 2 N–H and O–H groups in total. The monoisotopic (exact) mass is 394 g/mol. The number of carbonyl (C=O) groups is 1. The van der Waals surface area contributed by atoms with Crippen molar-refractivity contribution >= 4 is 11.7 Å². The number of nitrogen functional groups attached to an aromatic ring is 1. The van der Waals surface area contributed by atoms with Crippen LogP contribution < -0.4 is 10.5 Å². The predicted octanol–water partition coefficient (Wildman–Crippen LogP) is 1.82. The molecule has 1 fully saturated rings. The highest BCUT2D eigenvalue weighted by atomic mass is 16.5. The SMILES string of the molecule is CN(Cc1nccc(N)n1)[C@H]1CCN(C(=O)C(C)(C)Oc2ccc(C#N)cc2)C1. The molecule has 8 heteroatoms. The summed E-state index contributed by atoms with van der Waals surface area (Å²) in [7, 11) is 2.00. The number of nitrogens with two attached hydrogens (primary N) is 1. The Labute approximate surface area is 170 Å². The molecule has 1 amide bonds. The molecule has 1 aliphatic heterocycles. The van der Waals surface area contributed by atoms with Crippen LogP contribution in [0.3, 0.4) is 0 Å². The van der Waals surface area contributed by atoms with Crippen LogP contribution >= 0.6 is 0 Å². The maximum absolute atomic E-state index is 13.1. The molecule has 0 aliphatic carbocycles. The van der Waals surface area contributed by atoms with Crippen LogP contribution in [0.2, 0.25) is 0 Å². The van der Waals surface area contributed by atoms with Crippen molar-refractivity contribution in [2.24, 2.45) is 0 Å². The highest BCUT2D eigenvalue weighted by Crippen LogP contribution is 2.24. The van der Waals surface area contributed by atoms with Crippen LogP contribution in [-0.2, 0) is 11.3 Å². The molecule has 1 saturated heterocycles. The van der Waals surface area contributed by atoms with Gasteiger partial charge in [-0.1, -0.05) is 0 Å². The second kappa shape index (κ2) is 8.45. The van der Waals surface area contributed by atoms with E-state index in [0.29, 0.717) is 42.6 Å². The Bertz CT molecular complexity index is 906. The molecular formula is C21H26N6O2. The Kier molecular flexibility index (Phi) is 5.99. The van der Waals surface area contributed by atoms with Gasteiger partial charge in [-0.15, -0.1) is 0 Å². The van der Waals surface area contributed by atoms with Crippen molar-refractivity contribution in [3.8, 4) is 11.8 Å². The molecule has 2 aromatic rings. The minimum atomic E-state index is -1.00. The summed E-state index contributed by atoms with van der Waals surface area (Å²) in [4.78, 5) is 25.5. The predicted molar refractivity (Wildman–Crippen MR) is 109 cm³/mol. The van der Waals surface area contributed by atoms with Crippen LogP contribution in [0.1, 0.15) is 31.7 Å². The van der Waals surface area contributed by atoms with E-state index in [4.69, 9.17) is 15.7 Å². The molecule has 1 aliphatic rings. The molecule has 8 nitrogen and oxygen atoms in total. The van der Waals surface area contributed by atoms with Crippen LogP contribution in [0.25, 0.3) is 0 Å². The number of benzene rings is 1. The van der Waals surface area contributed by atoms with Gasteiger partial charge in [0.1, 0.15) is 17.4 Å². The van der Waals surface area contributed by atoms with E-state index in [1.165, 1.54) is 0 Å². The average molecular weight is 394 g/mol. The van der Waals surface area contributed by atoms with Crippen LogP contribution in [0.5, 0.6) is 5.75 Å². The van der Waals surface area contributed by atoms with Gasteiger partial charge in [0.05, 0.1) is 18.2 Å². The van der Waals surface area contributed by atoms with Crippen molar-refractivity contribution in [2.75, 3.05) is 25.9 Å². The number of carbonyl (C=O) groups excluding carboxylic acids is 1. The Morgan fingerprint density at radius 1 is 1.38 bits per heavy atom. The summed E-state index contributed by atoms with van der Waals surface area (Å²) in [5.74, 6) is 1.63. The summed E-state index contributed by atoms with van der Waals surface area (Å²) in [6, 6.07) is 10.7. The van der Waals surface area contributed by atoms with Gasteiger partial charge in [0.25, 0.3) is 5.91 Å². The second-order valence-electron chi connectivity index (χ2n) is 7.76. The normalized spacial score (nSPS) is 16.7. The standard InChI is InChI=1S/C21H26N6O2/c1-21(2,29-17-6-4-15(12-22)5-7-17)20(28)27-11-9-16(13-27)26(3)14-19-24-10-8-18(23)25-19/h4-8,10,16H,9,11,13-14H2,1-3H3,(H2,23,24,25)/t16-/m0/s1. The minimum Gasteiger partial charge on any atom is -0.478 e. The summed E-state index contributed by atoms with van der Waals surface area (Å²) >= 11 is 0. The summed E-state index contributed by atoms with van der Waals surface area (Å²) < 4.78 is 5.93. The van der Waals surface area contributed by atoms with Crippen LogP contribution in [-0.4, -0.2) is 57.5 Å². The number of aromatic nitrogens is 2. The first-order valence-electron chi connectivity index (χ1n) is 9.54. The molecule has 0 spiro atoms. The second-order valence-corrected chi connectivity index (χ2v) is 7.76. The zero-order chi connectivity index (χ0) is 21.0. The summed E-state index contributed by atoms with van der Waals surface area (Å²) in [6.07, 6.45) is 2.52. The van der Waals surface area contributed by atoms with Gasteiger partial charge in [-0.05, 0) is 57.6 Å². The highest BCUT2D eigenvalue weighted by molar-refractivity contribution is 5.85. The van der Waals surface area contributed by atoms with Gasteiger partial charge in [0.15, 0.2) is 5.60 Å². The molecular weight excluding hydrogens is 368 g/mol. The highest BCUT2D eigenvalue weighted by Gasteiger charge is 2.38. The van der Waals surface area contributed by atoms with Gasteiger partial charge in [-0.2, -0.15) is 5.26 Å². The van der Waals surface area contributed by atoms with E-state index in [0.717, 1.165) is 6.42 Å². The van der Waals surface area contributed by atoms with E-state index in [1.807, 2.05) is 11.9 Å². The Balaban J connectivity index is 1.59. The molecule has 0 radical (unpaired) electrons. The molecule has 0 saturated carbocycles. The van der Waals surface area contributed by atoms with E-state index in [-0.39, 0.29) is 11.9 Å². The lowest BCUT2D eigenvalue weighted by atomic mass is 10.1. The van der Waals surface area contributed by atoms with Gasteiger partial charge >= 0.3 is 0 Å². The van der Waals surface area contributed by atoms with E-state index in [1.54, 1.807) is 50.4 Å². The zero-order valence-electron chi connectivity index (χ0n) is 17.0. The number of amides is 1. The molecule has 0 unspecified atom stereocenters. The largest absolute Gasteiger partial charge is 0.478 e. The molecule has 1 atom stereocenters. The summed E-state index contributed by atoms with van der Waals surface area (Å²) in [5.41, 5.74) is 5.28. The molecule has 0 bridgehead atoms. The van der Waals surface area contributed by atoms with E-state index in [9.17, 15) is 4.79 Å². The third-order valence-corrected chi connectivity index (χ3v) is 5.06. The van der Waals surface area contributed by atoms with Crippen molar-refractivity contribution in [1.29, 1.82) is 5.26 Å². The van der Waals surface area contributed by atoms with Crippen LogP contribution in [0.4, 0.5) is 5.82 Å². The topological polar surface area (TPSA) is 108 Å². The lowest BCUT2D eigenvalue weighted by molar-refractivity contribution is -0.144. The fraction of sp³-hybridized carbons (Fsp3) is 0.429. The first kappa shape index (κ1) is 20.6. The number of anilines is 1. The molecule has 3 rings (SSSR count). The number of rotatable bonds is 6. The third-order valence-electron chi connectivity index (χ3n) is 5.06. The zero-order valence-corrected chi connectivity index (χ0v) is 17.0. The molecule has 152 valence electrons. The van der Waals surface area contributed by atoms with Crippen molar-refractivity contribution in [2.45, 2.75) is 38.5 Å². The van der Waals surface area contributed by atoms with Crippen molar-refractivity contribution < 1.29 is 9.53 Å². The van der Waals surface area contributed by atoms with Gasteiger partial charge in [0.2, 0.25) is 0 Å². The Morgan fingerprint density at radius 2 is 2.10 bits per heavy atom. The van der Waals surface area contributed by atoms with E-state index in [2.05, 4.69) is 20.9 Å². The molecule has 1 aromatic carbocycles. The van der Waals surface area contributed by atoms with Gasteiger partial charge in [-0.3, -0.25) is 9.69 Å². The number of ether oxygens (including phenoxy) is 1. The van der Waals surface area contributed by atoms with Gasteiger partial charge < -0.3 is 15.4 Å². The Hall–Kier alpha value is -3.18. The number of nitriles is 1. The molecule has 29 heavy (non-hydrogen) atoms. The Morgan fingerprint density at radius 3 is 2.76 bits per heavy atom.